The van der Waals surface area contributed by atoms with E-state index < -0.39 is 8.56 Å². The van der Waals surface area contributed by atoms with Crippen LogP contribution in [0.5, 0.6) is 0 Å². The van der Waals surface area contributed by atoms with Crippen LogP contribution in [0.1, 0.15) is 65.7 Å². The van der Waals surface area contributed by atoms with Gasteiger partial charge >= 0.3 is 8.56 Å². The molecule has 0 unspecified atom stereocenters. The monoisotopic (exact) mass is 445 g/mol. The van der Waals surface area contributed by atoms with Gasteiger partial charge in [-0.05, 0) is 138 Å². The van der Waals surface area contributed by atoms with Crippen molar-refractivity contribution in [3.63, 3.8) is 0 Å². The molecule has 0 aromatic carbocycles. The Morgan fingerprint density at radius 2 is 0.967 bits per heavy atom. The van der Waals surface area contributed by atoms with Crippen molar-refractivity contribution in [2.75, 3.05) is 75.1 Å². The largest absolute Gasteiger partial charge is 0.394 e. The average Bonchev–Trinajstić information content (AvgIpc) is 2.65. The van der Waals surface area contributed by atoms with Crippen LogP contribution < -0.4 is 0 Å². The lowest BCUT2D eigenvalue weighted by Gasteiger charge is -2.39. The third-order valence-electron chi connectivity index (χ3n) is 6.33. The maximum Gasteiger partial charge on any atom is 0.337 e. The summed E-state index contributed by atoms with van der Waals surface area (Å²) in [4.78, 5) is 6.99. The van der Waals surface area contributed by atoms with E-state index in [4.69, 9.17) is 8.85 Å². The van der Waals surface area contributed by atoms with Gasteiger partial charge in [-0.15, -0.1) is 0 Å². The topological polar surface area (TPSA) is 28.2 Å². The Kier molecular flexibility index (Phi) is 16.6. The Hall–Kier alpha value is 0.0169. The second-order valence-corrected chi connectivity index (χ2v) is 13.5. The number of hydrogen-bond donors (Lipinski definition) is 0. The van der Waals surface area contributed by atoms with E-state index in [1.807, 2.05) is 0 Å². The molecule has 6 heteroatoms. The van der Waals surface area contributed by atoms with Crippen LogP contribution in [-0.2, 0) is 8.85 Å². The molecule has 0 amide bonds. The Balaban J connectivity index is 5.47. The molecule has 5 nitrogen and oxygen atoms in total. The molecule has 182 valence electrons. The highest BCUT2D eigenvalue weighted by Gasteiger charge is 2.39. The van der Waals surface area contributed by atoms with Gasteiger partial charge in [-0.1, -0.05) is 6.92 Å². The van der Waals surface area contributed by atoms with E-state index >= 15 is 0 Å². The first-order valence-corrected chi connectivity index (χ1v) is 14.6. The standard InChI is InChI=1S/C24H55N3O2Si/c1-10-28-30(12-3,29-11-2)23-19-24(16-13-20-25(4)5,17-14-21-26(6)7)18-15-22-27(8)9/h10-23H2,1-9H3. The van der Waals surface area contributed by atoms with Crippen LogP contribution in [0, 0.1) is 5.41 Å². The molecular formula is C24H55N3O2Si. The Morgan fingerprint density at radius 3 is 1.23 bits per heavy atom. The first-order chi connectivity index (χ1) is 14.1. The third-order valence-corrected chi connectivity index (χ3v) is 10.0. The predicted molar refractivity (Wildman–Crippen MR) is 135 cm³/mol. The van der Waals surface area contributed by atoms with Crippen molar-refractivity contribution in [2.45, 2.75) is 77.8 Å². The molecule has 0 rings (SSSR count). The molecule has 30 heavy (non-hydrogen) atoms. The van der Waals surface area contributed by atoms with Crippen LogP contribution in [-0.4, -0.2) is 98.4 Å². The van der Waals surface area contributed by atoms with Gasteiger partial charge in [0.15, 0.2) is 0 Å². The van der Waals surface area contributed by atoms with E-state index in [0.717, 1.165) is 25.3 Å². The molecule has 0 saturated carbocycles. The zero-order chi connectivity index (χ0) is 23.0. The van der Waals surface area contributed by atoms with E-state index in [-0.39, 0.29) is 0 Å². The first kappa shape index (κ1) is 30.0. The number of nitrogens with zero attached hydrogens (tertiary/aromatic N) is 3. The summed E-state index contributed by atoms with van der Waals surface area (Å²) in [7, 11) is 11.1. The average molecular weight is 446 g/mol. The highest BCUT2D eigenvalue weighted by atomic mass is 28.4. The van der Waals surface area contributed by atoms with Gasteiger partial charge in [0, 0.05) is 13.2 Å². The van der Waals surface area contributed by atoms with E-state index in [0.29, 0.717) is 5.41 Å². The van der Waals surface area contributed by atoms with Crippen LogP contribution in [0.3, 0.4) is 0 Å². The van der Waals surface area contributed by atoms with Gasteiger partial charge in [-0.25, -0.2) is 0 Å². The third kappa shape index (κ3) is 13.4. The van der Waals surface area contributed by atoms with E-state index in [2.05, 4.69) is 77.8 Å². The summed E-state index contributed by atoms with van der Waals surface area (Å²) in [5, 5.41) is 0. The zero-order valence-electron chi connectivity index (χ0n) is 22.1. The highest BCUT2D eigenvalue weighted by Crippen LogP contribution is 2.42. The van der Waals surface area contributed by atoms with Gasteiger partial charge in [-0.2, -0.15) is 0 Å². The molecule has 0 aromatic rings. The molecule has 0 aliphatic rings. The summed E-state index contributed by atoms with van der Waals surface area (Å²) in [6.45, 7) is 11.6. The number of hydrogen-bond acceptors (Lipinski definition) is 5. The molecule has 0 aliphatic carbocycles. The highest BCUT2D eigenvalue weighted by molar-refractivity contribution is 6.67. The van der Waals surface area contributed by atoms with Crippen molar-refractivity contribution in [1.82, 2.24) is 14.7 Å². The maximum atomic E-state index is 6.33. The molecule has 0 heterocycles. The molecule has 0 N–H and O–H groups in total. The smallest absolute Gasteiger partial charge is 0.337 e. The summed E-state index contributed by atoms with van der Waals surface area (Å²) >= 11 is 0. The van der Waals surface area contributed by atoms with E-state index in [9.17, 15) is 0 Å². The van der Waals surface area contributed by atoms with E-state index in [1.54, 1.807) is 0 Å². The molecule has 0 spiro atoms. The van der Waals surface area contributed by atoms with Gasteiger partial charge in [0.1, 0.15) is 0 Å². The lowest BCUT2D eigenvalue weighted by molar-refractivity contribution is 0.148. The summed E-state index contributed by atoms with van der Waals surface area (Å²) in [5.41, 5.74) is 0.406. The first-order valence-electron chi connectivity index (χ1n) is 12.4. The molecule has 0 atom stereocenters. The minimum atomic E-state index is -2.09. The van der Waals surface area contributed by atoms with Crippen molar-refractivity contribution >= 4 is 8.56 Å². The second-order valence-electron chi connectivity index (χ2n) is 9.85. The lowest BCUT2D eigenvalue weighted by atomic mass is 9.73. The fraction of sp³-hybridized carbons (Fsp3) is 1.00. The Morgan fingerprint density at radius 1 is 0.600 bits per heavy atom. The van der Waals surface area contributed by atoms with Crippen LogP contribution >= 0.6 is 0 Å². The molecule has 0 saturated heterocycles. The van der Waals surface area contributed by atoms with Gasteiger partial charge in [0.25, 0.3) is 0 Å². The fourth-order valence-corrected chi connectivity index (χ4v) is 7.71. The van der Waals surface area contributed by atoms with Crippen LogP contribution in [0.15, 0.2) is 0 Å². The minimum Gasteiger partial charge on any atom is -0.394 e. The van der Waals surface area contributed by atoms with Crippen LogP contribution in [0.25, 0.3) is 0 Å². The van der Waals surface area contributed by atoms with Gasteiger partial charge in [0.2, 0.25) is 0 Å². The van der Waals surface area contributed by atoms with Crippen molar-refractivity contribution in [3.8, 4) is 0 Å². The zero-order valence-corrected chi connectivity index (χ0v) is 23.1. The molecule has 0 bridgehead atoms. The molecular weight excluding hydrogens is 390 g/mol. The van der Waals surface area contributed by atoms with Gasteiger partial charge in [-0.3, -0.25) is 0 Å². The Labute approximate surface area is 190 Å². The SMILES string of the molecule is CCO[Si](CC)(CCC(CCCN(C)C)(CCCN(C)C)CCCN(C)C)OCC. The van der Waals surface area contributed by atoms with Gasteiger partial charge in [0.05, 0.1) is 0 Å². The van der Waals surface area contributed by atoms with Crippen molar-refractivity contribution < 1.29 is 8.85 Å². The summed E-state index contributed by atoms with van der Waals surface area (Å²) in [5.74, 6) is 0. The molecule has 0 aliphatic heterocycles. The lowest BCUT2D eigenvalue weighted by Crippen LogP contribution is -2.43. The van der Waals surface area contributed by atoms with Crippen molar-refractivity contribution in [3.05, 3.63) is 0 Å². The summed E-state index contributed by atoms with van der Waals surface area (Å²) in [6, 6.07) is 2.19. The van der Waals surface area contributed by atoms with Crippen LogP contribution in [0.2, 0.25) is 12.1 Å². The molecule has 0 radical (unpaired) electrons. The summed E-state index contributed by atoms with van der Waals surface area (Å²) in [6.07, 6.45) is 9.04. The van der Waals surface area contributed by atoms with Crippen molar-refractivity contribution in [1.29, 1.82) is 0 Å². The van der Waals surface area contributed by atoms with Crippen molar-refractivity contribution in [2.24, 2.45) is 5.41 Å². The second kappa shape index (κ2) is 16.6. The normalized spacial score (nSPS) is 13.2. The van der Waals surface area contributed by atoms with E-state index in [1.165, 1.54) is 64.6 Å². The predicted octanol–water partition coefficient (Wildman–Crippen LogP) is 4.92. The molecule has 0 aromatic heterocycles. The summed E-state index contributed by atoms with van der Waals surface area (Å²) < 4.78 is 12.7. The Bertz CT molecular complexity index is 364. The van der Waals surface area contributed by atoms with Gasteiger partial charge < -0.3 is 23.6 Å². The molecule has 0 fully saturated rings. The fourth-order valence-electron chi connectivity index (χ4n) is 4.61. The maximum absolute atomic E-state index is 6.33. The van der Waals surface area contributed by atoms with Crippen LogP contribution in [0.4, 0.5) is 0 Å². The number of rotatable bonds is 20. The minimum absolute atomic E-state index is 0.406. The quantitative estimate of drug-likeness (QED) is 0.248.